The maximum atomic E-state index is 12.5. The summed E-state index contributed by atoms with van der Waals surface area (Å²) in [5.41, 5.74) is 5.49. The topological polar surface area (TPSA) is 54.5 Å². The van der Waals surface area contributed by atoms with Crippen LogP contribution >= 0.6 is 0 Å². The zero-order valence-electron chi connectivity index (χ0n) is 16.6. The number of methoxy groups -OCH3 is 1. The van der Waals surface area contributed by atoms with Gasteiger partial charge in [0.25, 0.3) is 0 Å². The Bertz CT molecular complexity index is 971. The first-order valence-electron chi connectivity index (χ1n) is 9.86. The molecule has 0 saturated heterocycles. The molecule has 0 bridgehead atoms. The Morgan fingerprint density at radius 3 is 2.62 bits per heavy atom. The minimum absolute atomic E-state index is 0.0305. The van der Waals surface area contributed by atoms with Gasteiger partial charge >= 0.3 is 0 Å². The van der Waals surface area contributed by atoms with Gasteiger partial charge in [0.15, 0.2) is 0 Å². The van der Waals surface area contributed by atoms with E-state index < -0.39 is 0 Å². The maximum Gasteiger partial charge on any atom is 0.228 e. The molecule has 2 aromatic carbocycles. The molecule has 3 aromatic rings. The predicted molar refractivity (Wildman–Crippen MR) is 114 cm³/mol. The highest BCUT2D eigenvalue weighted by Gasteiger charge is 2.20. The molecule has 1 aliphatic heterocycles. The maximum absolute atomic E-state index is 12.5. The number of nitrogens with zero attached hydrogens (tertiary/aromatic N) is 2. The number of ether oxygens (including phenoxy) is 1. The van der Waals surface area contributed by atoms with Crippen LogP contribution in [-0.4, -0.2) is 29.4 Å². The van der Waals surface area contributed by atoms with E-state index in [2.05, 4.69) is 39.5 Å². The number of anilines is 1. The average molecular weight is 387 g/mol. The first-order chi connectivity index (χ1) is 14.2. The fourth-order valence-electron chi connectivity index (χ4n) is 3.76. The molecular weight excluding hydrogens is 362 g/mol. The number of carbonyl (C=O) groups is 1. The molecule has 0 fully saturated rings. The van der Waals surface area contributed by atoms with Gasteiger partial charge in [-0.05, 0) is 40.8 Å². The summed E-state index contributed by atoms with van der Waals surface area (Å²) in [6, 6.07) is 18.1. The average Bonchev–Trinajstić information content (AvgIpc) is 2.75. The van der Waals surface area contributed by atoms with Gasteiger partial charge in [0.1, 0.15) is 5.75 Å². The van der Waals surface area contributed by atoms with Gasteiger partial charge in [-0.1, -0.05) is 42.5 Å². The molecule has 5 nitrogen and oxygen atoms in total. The number of benzene rings is 2. The van der Waals surface area contributed by atoms with Crippen molar-refractivity contribution >= 4 is 11.6 Å². The van der Waals surface area contributed by atoms with Gasteiger partial charge in [0, 0.05) is 25.8 Å². The Morgan fingerprint density at radius 1 is 1.07 bits per heavy atom. The first-order valence-corrected chi connectivity index (χ1v) is 9.86. The van der Waals surface area contributed by atoms with E-state index in [9.17, 15) is 4.79 Å². The number of hydrogen-bond donors (Lipinski definition) is 1. The van der Waals surface area contributed by atoms with Gasteiger partial charge in [-0.25, -0.2) is 0 Å². The quantitative estimate of drug-likeness (QED) is 0.698. The Kier molecular flexibility index (Phi) is 5.86. The molecule has 29 heavy (non-hydrogen) atoms. The molecule has 1 N–H and O–H groups in total. The van der Waals surface area contributed by atoms with E-state index in [-0.39, 0.29) is 5.91 Å². The highest BCUT2D eigenvalue weighted by Crippen LogP contribution is 2.26. The summed E-state index contributed by atoms with van der Waals surface area (Å²) in [7, 11) is 1.63. The van der Waals surface area contributed by atoms with Crippen molar-refractivity contribution in [3.8, 4) is 5.75 Å². The van der Waals surface area contributed by atoms with Crippen molar-refractivity contribution in [2.24, 2.45) is 0 Å². The van der Waals surface area contributed by atoms with Crippen molar-refractivity contribution in [3.63, 3.8) is 0 Å². The van der Waals surface area contributed by atoms with Crippen molar-refractivity contribution in [1.29, 1.82) is 0 Å². The third-order valence-electron chi connectivity index (χ3n) is 5.27. The van der Waals surface area contributed by atoms with E-state index in [0.717, 1.165) is 43.1 Å². The van der Waals surface area contributed by atoms with Gasteiger partial charge in [-0.2, -0.15) is 0 Å². The van der Waals surface area contributed by atoms with Crippen molar-refractivity contribution in [2.75, 3.05) is 19.0 Å². The monoisotopic (exact) mass is 387 g/mol. The first kappa shape index (κ1) is 19.2. The summed E-state index contributed by atoms with van der Waals surface area (Å²) in [6.45, 7) is 2.74. The summed E-state index contributed by atoms with van der Waals surface area (Å²) in [4.78, 5) is 19.3. The Morgan fingerprint density at radius 2 is 1.86 bits per heavy atom. The number of pyridine rings is 1. The van der Waals surface area contributed by atoms with Crippen LogP contribution in [0.15, 0.2) is 67.0 Å². The zero-order valence-corrected chi connectivity index (χ0v) is 16.6. The molecular formula is C24H25N3O2. The van der Waals surface area contributed by atoms with Gasteiger partial charge in [0.05, 0.1) is 25.4 Å². The van der Waals surface area contributed by atoms with Crippen LogP contribution in [0.2, 0.25) is 0 Å². The highest BCUT2D eigenvalue weighted by atomic mass is 16.5. The Hall–Kier alpha value is -3.18. The lowest BCUT2D eigenvalue weighted by Crippen LogP contribution is -2.31. The van der Waals surface area contributed by atoms with Crippen LogP contribution in [0, 0.1) is 0 Å². The third kappa shape index (κ3) is 4.81. The van der Waals surface area contributed by atoms with Crippen LogP contribution < -0.4 is 10.1 Å². The fourth-order valence-corrected chi connectivity index (χ4v) is 3.76. The number of fused-ring (bicyclic) bond motifs is 1. The van der Waals surface area contributed by atoms with E-state index in [1.165, 1.54) is 16.7 Å². The van der Waals surface area contributed by atoms with Crippen LogP contribution in [0.25, 0.3) is 0 Å². The molecule has 1 aliphatic rings. The van der Waals surface area contributed by atoms with Gasteiger partial charge in [-0.15, -0.1) is 0 Å². The summed E-state index contributed by atoms with van der Waals surface area (Å²) in [5.74, 6) is 0.757. The zero-order chi connectivity index (χ0) is 20.1. The lowest BCUT2D eigenvalue weighted by Gasteiger charge is -2.29. The lowest BCUT2D eigenvalue weighted by atomic mass is 9.99. The number of carbonyl (C=O) groups excluding carboxylic acids is 1. The van der Waals surface area contributed by atoms with Crippen LogP contribution in [-0.2, 0) is 30.7 Å². The van der Waals surface area contributed by atoms with E-state index in [1.807, 2.05) is 36.5 Å². The molecule has 0 radical (unpaired) electrons. The number of aromatic nitrogens is 1. The Labute approximate surface area is 171 Å². The van der Waals surface area contributed by atoms with Crippen LogP contribution in [0.1, 0.15) is 22.3 Å². The van der Waals surface area contributed by atoms with Crippen molar-refractivity contribution in [3.05, 3.63) is 89.2 Å². The summed E-state index contributed by atoms with van der Waals surface area (Å²) >= 11 is 0. The molecule has 1 aromatic heterocycles. The smallest absolute Gasteiger partial charge is 0.228 e. The fraction of sp³-hybridized carbons (Fsp3) is 0.250. The van der Waals surface area contributed by atoms with E-state index in [1.54, 1.807) is 13.3 Å². The molecule has 0 unspecified atom stereocenters. The van der Waals surface area contributed by atoms with E-state index in [0.29, 0.717) is 6.42 Å². The molecule has 0 atom stereocenters. The molecule has 0 spiro atoms. The van der Waals surface area contributed by atoms with Crippen LogP contribution in [0.3, 0.4) is 0 Å². The summed E-state index contributed by atoms with van der Waals surface area (Å²) in [6.07, 6.45) is 4.92. The minimum atomic E-state index is -0.0305. The third-order valence-corrected chi connectivity index (χ3v) is 5.27. The number of nitrogens with one attached hydrogen (secondary N) is 1. The number of hydrogen-bond acceptors (Lipinski definition) is 4. The van der Waals surface area contributed by atoms with Gasteiger partial charge in [-0.3, -0.25) is 14.7 Å². The standard InChI is InChI=1S/C24H25N3O2/c1-29-21-9-7-18(8-10-21)13-24(28)26-23-15-25-14-20-17-27(12-11-22(20)23)16-19-5-3-2-4-6-19/h2-10,14-15H,11-13,16-17H2,1H3,(H,26,28). The van der Waals surface area contributed by atoms with Crippen LogP contribution in [0.5, 0.6) is 5.75 Å². The molecule has 2 heterocycles. The molecule has 1 amide bonds. The number of rotatable bonds is 6. The van der Waals surface area contributed by atoms with E-state index >= 15 is 0 Å². The molecule has 4 rings (SSSR count). The van der Waals surface area contributed by atoms with Crippen LogP contribution in [0.4, 0.5) is 5.69 Å². The van der Waals surface area contributed by atoms with E-state index in [4.69, 9.17) is 4.74 Å². The predicted octanol–water partition coefficient (Wildman–Crippen LogP) is 3.83. The number of amides is 1. The largest absolute Gasteiger partial charge is 0.497 e. The Balaban J connectivity index is 1.41. The van der Waals surface area contributed by atoms with Crippen molar-refractivity contribution < 1.29 is 9.53 Å². The molecule has 148 valence electrons. The lowest BCUT2D eigenvalue weighted by molar-refractivity contribution is -0.115. The second-order valence-corrected chi connectivity index (χ2v) is 7.34. The second kappa shape index (κ2) is 8.88. The van der Waals surface area contributed by atoms with Gasteiger partial charge in [0.2, 0.25) is 5.91 Å². The highest BCUT2D eigenvalue weighted by molar-refractivity contribution is 5.93. The molecule has 0 aliphatic carbocycles. The summed E-state index contributed by atoms with van der Waals surface area (Å²) < 4.78 is 5.17. The minimum Gasteiger partial charge on any atom is -0.497 e. The summed E-state index contributed by atoms with van der Waals surface area (Å²) in [5, 5.41) is 3.06. The second-order valence-electron chi connectivity index (χ2n) is 7.34. The normalized spacial score (nSPS) is 13.6. The SMILES string of the molecule is COc1ccc(CC(=O)Nc2cncc3c2CCN(Cc2ccccc2)C3)cc1. The van der Waals surface area contributed by atoms with Crippen molar-refractivity contribution in [2.45, 2.75) is 25.9 Å². The molecule has 5 heteroatoms. The van der Waals surface area contributed by atoms with Crippen molar-refractivity contribution in [1.82, 2.24) is 9.88 Å². The molecule has 0 saturated carbocycles. The van der Waals surface area contributed by atoms with Gasteiger partial charge < -0.3 is 10.1 Å².